The van der Waals surface area contributed by atoms with E-state index in [1.165, 1.54) is 0 Å². The molecule has 3 rings (SSSR count). The van der Waals surface area contributed by atoms with E-state index in [2.05, 4.69) is 28.6 Å². The van der Waals surface area contributed by atoms with E-state index in [0.29, 0.717) is 61.3 Å². The third-order valence-electron chi connectivity index (χ3n) is 13.5. The summed E-state index contributed by atoms with van der Waals surface area (Å²) in [4.78, 5) is 32.5. The summed E-state index contributed by atoms with van der Waals surface area (Å²) < 4.78 is 9.68. The predicted octanol–water partition coefficient (Wildman–Crippen LogP) is -22.9. The first kappa shape index (κ1) is 102. The van der Waals surface area contributed by atoms with Gasteiger partial charge in [-0.15, -0.1) is 0 Å². The summed E-state index contributed by atoms with van der Waals surface area (Å²) in [5.41, 5.74) is 0. The van der Waals surface area contributed by atoms with Crippen LogP contribution in [0.15, 0.2) is 0 Å². The van der Waals surface area contributed by atoms with Crippen LogP contribution in [0.1, 0.15) is 99.5 Å². The Kier molecular flexibility index (Phi) is 76.0. The molecule has 0 aliphatic carbocycles. The summed E-state index contributed by atoms with van der Waals surface area (Å²) in [5, 5.41) is 10.9. The van der Waals surface area contributed by atoms with Crippen LogP contribution in [0.25, 0.3) is 0 Å². The van der Waals surface area contributed by atoms with Gasteiger partial charge in [-0.25, -0.2) is 0 Å². The molecule has 0 aromatic rings. The number of aliphatic carboxylic acids is 1. The molecule has 3 saturated heterocycles. The van der Waals surface area contributed by atoms with E-state index >= 15 is 0 Å². The summed E-state index contributed by atoms with van der Waals surface area (Å²) in [6.45, 7) is 5.62. The minimum Gasteiger partial charge on any atom is -1.00 e. The van der Waals surface area contributed by atoms with Crippen LogP contribution in [0.5, 0.6) is 0 Å². The normalized spacial score (nSPS) is 14.1. The average Bonchev–Trinajstić information content (AvgIpc) is 4.23. The maximum absolute atomic E-state index is 11.3. The Balaban J connectivity index is -0.0000000743. The Morgan fingerprint density at radius 2 is 0.750 bits per heavy atom. The van der Waals surface area contributed by atoms with Gasteiger partial charge in [-0.05, 0) is 79.3 Å². The third kappa shape index (κ3) is 46.4. The molecule has 6 nitrogen and oxygen atoms in total. The minimum absolute atomic E-state index is 0. The van der Waals surface area contributed by atoms with Crippen LogP contribution in [-0.4, -0.2) is 323 Å². The quantitative estimate of drug-likeness (QED) is 0.0211. The molecule has 0 saturated carbocycles. The number of carbonyl (C=O) groups is 3. The van der Waals surface area contributed by atoms with Crippen LogP contribution < -0.4 is 177 Å². The summed E-state index contributed by atoms with van der Waals surface area (Å²) >= 11 is 11.5. The van der Waals surface area contributed by atoms with Crippen molar-refractivity contribution in [2.24, 2.45) is 0 Å². The Morgan fingerprint density at radius 3 is 0.988 bits per heavy atom. The number of thioether (sulfide) groups is 2. The van der Waals surface area contributed by atoms with E-state index in [0.717, 1.165) is 93.6 Å². The third-order valence-corrected chi connectivity index (χ3v) is 17.7. The molecule has 0 aromatic heterocycles. The van der Waals surface area contributed by atoms with Gasteiger partial charge >= 0.3 is 195 Å². The zero-order chi connectivity index (χ0) is 56.8. The number of unbranched alkanes of at least 4 members (excludes halogenated alkanes) is 6. The predicted molar refractivity (Wildman–Crippen MR) is 384 cm³/mol. The number of halogens is 1. The second kappa shape index (κ2) is 59.7. The number of carboxylic acids is 1. The number of esters is 2. The van der Waals surface area contributed by atoms with Crippen LogP contribution in [0.4, 0.5) is 0 Å². The van der Waals surface area contributed by atoms with Crippen LogP contribution in [0.3, 0.4) is 0 Å². The van der Waals surface area contributed by atoms with Gasteiger partial charge in [0, 0.05) is 260 Å². The monoisotopic (exact) mass is 1200 g/mol. The van der Waals surface area contributed by atoms with Crippen molar-refractivity contribution >= 4 is 325 Å². The topological polar surface area (TPSA) is 89.9 Å². The van der Waals surface area contributed by atoms with Gasteiger partial charge in [0.25, 0.3) is 0 Å². The molecule has 80 heavy (non-hydrogen) atoms. The zero-order valence-electron chi connectivity index (χ0n) is 56.3. The van der Waals surface area contributed by atoms with E-state index in [-0.39, 0.29) is 243 Å². The molecule has 0 aromatic carbocycles. The molecule has 3 aliphatic heterocycles. The fourth-order valence-electron chi connectivity index (χ4n) is 9.56. The van der Waals surface area contributed by atoms with Crippen LogP contribution in [0, 0.1) is 0 Å². The molecule has 1 N–H and O–H groups in total. The second-order valence-corrected chi connectivity index (χ2v) is 24.0. The fraction of sp³-hybridized carbons (Fsp3) is 0.893. The van der Waals surface area contributed by atoms with Crippen molar-refractivity contribution in [1.82, 2.24) is 0 Å². The number of carboxylic acid groups (broad SMARTS) is 1. The largest absolute Gasteiger partial charge is 1.00 e. The molecule has 3 aliphatic rings. The molecule has 3 heterocycles. The number of rotatable bonds is 36. The molecule has 0 spiro atoms. The van der Waals surface area contributed by atoms with E-state index in [1.54, 1.807) is 0 Å². The molecular weight excluding hydrogens is 1140 g/mol. The molecule has 3 unspecified atom stereocenters. The van der Waals surface area contributed by atoms with Gasteiger partial charge in [0.15, 0.2) is 0 Å². The van der Waals surface area contributed by atoms with Gasteiger partial charge in [0.2, 0.25) is 0 Å². The van der Waals surface area contributed by atoms with Crippen molar-refractivity contribution in [2.75, 3.05) is 30.0 Å². The number of thiol groups is 1. The minimum atomic E-state index is -0.734. The summed E-state index contributed by atoms with van der Waals surface area (Å²) in [7, 11) is 105. The van der Waals surface area contributed by atoms with Crippen molar-refractivity contribution in [3.8, 4) is 0 Å². The molecule has 344 valence electrons. The van der Waals surface area contributed by atoms with Gasteiger partial charge in [-0.2, -0.15) is 36.2 Å². The van der Waals surface area contributed by atoms with Gasteiger partial charge in [-0.3, -0.25) is 14.4 Å². The summed E-state index contributed by atoms with van der Waals surface area (Å²) in [5.74, 6) is 1.13. The summed E-state index contributed by atoms with van der Waals surface area (Å²) in [6.07, 6.45) is 6.73. The SMILES string of the molecule is CCOC(=O)CCCCCBr.[B]B([B])B(B([B])[B])B(B([B])[B])B1CC1S.[B]B([B])B(B([B])[B])B(B([B])[B])B1CC1SCCCCCC(=O)O.[B]B([B])B(B([B])[B])B(B([B])[B])B1CC1SCCCCCC(=O)OCC.[H-].[H-].[H-].[H-].[H-].[H-].[Na+].[Na+].[Na+].[Na+].[Na+].[Na+]. The van der Waals surface area contributed by atoms with E-state index < -0.39 is 63.4 Å². The Labute approximate surface area is 684 Å². The number of hydrogen-bond donors (Lipinski definition) is 2. The van der Waals surface area contributed by atoms with Gasteiger partial charge < -0.3 is 23.1 Å². The Bertz CT molecular complexity index is 1540. The number of carbonyl (C=O) groups excluding carboxylic acids is 2. The number of ether oxygens (including phenoxy) is 2. The van der Waals surface area contributed by atoms with Gasteiger partial charge in [-0.1, -0.05) is 54.2 Å². The van der Waals surface area contributed by atoms with Crippen molar-refractivity contribution in [3.05, 3.63) is 0 Å². The second-order valence-electron chi connectivity index (χ2n) is 19.9. The number of alkyl halides is 1. The van der Waals surface area contributed by atoms with Gasteiger partial charge in [0.05, 0.1) is 13.2 Å². The van der Waals surface area contributed by atoms with Gasteiger partial charge in [0.1, 0.15) is 19.8 Å². The molecule has 0 bridgehead atoms. The standard InChI is InChI=1S/C10H18B12O2S.C8H14B12O2S.C8H15BrO2.C2H4B12S.6Na.6H/c1-2-24-10(23)6-4-3-5-7-25-9-8-17(9)21(18(11)12)22(19(13)14)20(15)16;9-16(10)19(20(17(11)12)18(13)14)15-6-7(15)23-5-3-1-2-4-8(21)22;1-2-11-8(10)6-4-3-5-7-9;3-10(4)13(9-1-2(9)15)14(11(5)6)12(7)8;;;;;;;;;;;;/h9H,2-8H2,1H3;7H,1-6H2,(H,21,22);2-7H2,1H3;2,15H,1H2;;;;;;;;;;;;/q;;;;6*+1;6*-1. The first-order valence-electron chi connectivity index (χ1n) is 26.3. The maximum Gasteiger partial charge on any atom is 1.00 e. The van der Waals surface area contributed by atoms with E-state index in [9.17, 15) is 14.4 Å². The molecular formula is C28H57B36BrNa6O6S3. The van der Waals surface area contributed by atoms with Crippen molar-refractivity contribution in [1.29, 1.82) is 0 Å². The first-order chi connectivity index (χ1) is 34.7. The number of hydrogen-bond acceptors (Lipinski definition) is 8. The first-order valence-corrected chi connectivity index (χ1v) is 30.1. The van der Waals surface area contributed by atoms with Crippen LogP contribution in [-0.2, 0) is 23.9 Å². The van der Waals surface area contributed by atoms with Crippen molar-refractivity contribution in [3.63, 3.8) is 0 Å². The molecule has 52 heteroatoms. The smallest absolute Gasteiger partial charge is 1.00 e. The molecule has 3 atom stereocenters. The molecule has 36 radical (unpaired) electrons. The fourth-order valence-corrected chi connectivity index (χ4v) is 13.3. The zero-order valence-corrected chi connectivity index (χ0v) is 66.4. The Morgan fingerprint density at radius 1 is 0.475 bits per heavy atom. The van der Waals surface area contributed by atoms with Crippen LogP contribution >= 0.6 is 52.1 Å². The molecule has 0 amide bonds. The summed E-state index contributed by atoms with van der Waals surface area (Å²) in [6, 6.07) is 0. The van der Waals surface area contributed by atoms with E-state index in [4.69, 9.17) is 154 Å². The van der Waals surface area contributed by atoms with Crippen molar-refractivity contribution < 1.29 is 215 Å². The van der Waals surface area contributed by atoms with Crippen molar-refractivity contribution in [2.45, 2.75) is 125 Å². The molecule has 3 fully saturated rings. The maximum atomic E-state index is 11.3. The van der Waals surface area contributed by atoms with Crippen LogP contribution in [0.2, 0.25) is 19.0 Å². The van der Waals surface area contributed by atoms with E-state index in [1.807, 2.05) is 37.4 Å². The average molecular weight is 1190 g/mol. The Hall–Kier alpha value is 8.28.